The van der Waals surface area contributed by atoms with E-state index >= 15 is 0 Å². The van der Waals surface area contributed by atoms with Gasteiger partial charge in [0.1, 0.15) is 0 Å². The summed E-state index contributed by atoms with van der Waals surface area (Å²) in [7, 11) is 0. The van der Waals surface area contributed by atoms with Crippen molar-refractivity contribution in [3.8, 4) is 0 Å². The summed E-state index contributed by atoms with van der Waals surface area (Å²) in [5.41, 5.74) is 9.26. The molecule has 0 aliphatic carbocycles. The predicted molar refractivity (Wildman–Crippen MR) is 142 cm³/mol. The van der Waals surface area contributed by atoms with Crippen LogP contribution in [0.2, 0.25) is 0 Å². The largest absolute Gasteiger partial charge is 0.336 e. The van der Waals surface area contributed by atoms with E-state index in [4.69, 9.17) is 1.37 Å². The molecular weight excluding hydrogens is 410 g/mol. The molecule has 0 bridgehead atoms. The monoisotopic (exact) mass is 436 g/mol. The lowest BCUT2D eigenvalue weighted by atomic mass is 9.76. The first-order valence-corrected chi connectivity index (χ1v) is 11.7. The Morgan fingerprint density at radius 2 is 1.03 bits per heavy atom. The quantitative estimate of drug-likeness (QED) is 0.312. The molecule has 34 heavy (non-hydrogen) atoms. The molecule has 6 rings (SSSR count). The second kappa shape index (κ2) is 8.88. The van der Waals surface area contributed by atoms with Gasteiger partial charge in [0, 0.05) is 11.7 Å². The molecule has 162 valence electrons. The number of allylic oxidation sites excluding steroid dienone is 5. The first kappa shape index (κ1) is 19.1. The summed E-state index contributed by atoms with van der Waals surface area (Å²) >= 11 is 0. The summed E-state index contributed by atoms with van der Waals surface area (Å²) < 4.78 is 9.03. The first-order chi connectivity index (χ1) is 17.3. The van der Waals surface area contributed by atoms with Gasteiger partial charge < -0.3 is 4.90 Å². The van der Waals surface area contributed by atoms with Gasteiger partial charge in [0.15, 0.2) is 0 Å². The third-order valence-corrected chi connectivity index (χ3v) is 6.46. The van der Waals surface area contributed by atoms with Gasteiger partial charge in [-0.15, -0.1) is 0 Å². The molecule has 0 amide bonds. The molecule has 1 atom stereocenters. The van der Waals surface area contributed by atoms with Crippen molar-refractivity contribution < 1.29 is 1.37 Å². The summed E-state index contributed by atoms with van der Waals surface area (Å²) in [6.07, 6.45) is 6.53. The van der Waals surface area contributed by atoms with E-state index in [1.807, 2.05) is 12.2 Å². The maximum atomic E-state index is 9.03. The minimum atomic E-state index is -0.134. The molecule has 2 aliphatic heterocycles. The van der Waals surface area contributed by atoms with E-state index in [-0.39, 0.29) is 6.04 Å². The van der Waals surface area contributed by atoms with Gasteiger partial charge in [-0.3, -0.25) is 0 Å². The van der Waals surface area contributed by atoms with Gasteiger partial charge in [-0.1, -0.05) is 127 Å². The SMILES string of the molecule is [2H]C1=CC=CC2=C(c3ccccc3)C(c3ccccc3)=C(c3ccccc3)C(c3ccccc3)N12. The highest BCUT2D eigenvalue weighted by atomic mass is 15.2. The van der Waals surface area contributed by atoms with E-state index in [0.717, 1.165) is 28.0 Å². The standard InChI is InChI=1S/C33H25N/c1-5-15-25(16-6-1)30-29-23-13-14-24-34(29)33(28-21-11-4-12-22-28)32(27-19-9-3-10-20-27)31(30)26-17-7-2-8-18-26/h1-24,33H/i24D. The normalized spacial score (nSPS) is 17.9. The number of hydrogen-bond acceptors (Lipinski definition) is 1. The van der Waals surface area contributed by atoms with Crippen LogP contribution in [0.25, 0.3) is 16.7 Å². The Morgan fingerprint density at radius 3 is 1.62 bits per heavy atom. The molecule has 0 fully saturated rings. The molecule has 1 heteroatoms. The molecule has 0 spiro atoms. The fourth-order valence-corrected chi connectivity index (χ4v) is 5.03. The summed E-state index contributed by atoms with van der Waals surface area (Å²) in [6.45, 7) is 0. The van der Waals surface area contributed by atoms with Crippen LogP contribution in [0.15, 0.2) is 151 Å². The van der Waals surface area contributed by atoms with Gasteiger partial charge in [0.25, 0.3) is 0 Å². The first-order valence-electron chi connectivity index (χ1n) is 12.2. The summed E-state index contributed by atoms with van der Waals surface area (Å²) in [5, 5.41) is 0. The molecule has 1 unspecified atom stereocenters. The van der Waals surface area contributed by atoms with E-state index in [0.29, 0.717) is 6.18 Å². The molecule has 0 radical (unpaired) electrons. The lowest BCUT2D eigenvalue weighted by Gasteiger charge is -2.42. The number of benzene rings is 4. The Kier molecular flexibility index (Phi) is 5.00. The van der Waals surface area contributed by atoms with Crippen LogP contribution in [-0.2, 0) is 0 Å². The summed E-state index contributed by atoms with van der Waals surface area (Å²) in [6, 6.07) is 42.3. The van der Waals surface area contributed by atoms with Gasteiger partial charge in [-0.05, 0) is 45.6 Å². The third-order valence-electron chi connectivity index (χ3n) is 6.46. The molecule has 4 aromatic rings. The molecule has 0 saturated carbocycles. The fraction of sp³-hybridized carbons (Fsp3) is 0.0303. The van der Waals surface area contributed by atoms with Crippen LogP contribution in [0.4, 0.5) is 0 Å². The Bertz CT molecular complexity index is 1460. The number of rotatable bonds is 4. The summed E-state index contributed by atoms with van der Waals surface area (Å²) in [5.74, 6) is 0. The lowest BCUT2D eigenvalue weighted by Crippen LogP contribution is -2.30. The van der Waals surface area contributed by atoms with Crippen molar-refractivity contribution in [1.29, 1.82) is 0 Å². The van der Waals surface area contributed by atoms with Gasteiger partial charge >= 0.3 is 0 Å². The van der Waals surface area contributed by atoms with E-state index in [1.165, 1.54) is 16.7 Å². The molecule has 0 saturated heterocycles. The molecule has 2 heterocycles. The fourth-order valence-electron chi connectivity index (χ4n) is 5.03. The Labute approximate surface area is 202 Å². The van der Waals surface area contributed by atoms with Crippen molar-refractivity contribution in [2.45, 2.75) is 6.04 Å². The van der Waals surface area contributed by atoms with Crippen LogP contribution in [0.1, 0.15) is 29.7 Å². The van der Waals surface area contributed by atoms with Crippen LogP contribution in [0, 0.1) is 0 Å². The van der Waals surface area contributed by atoms with Crippen LogP contribution in [0.3, 0.4) is 0 Å². The molecule has 0 aromatic heterocycles. The van der Waals surface area contributed by atoms with Crippen molar-refractivity contribution >= 4 is 16.7 Å². The van der Waals surface area contributed by atoms with Gasteiger partial charge in [0.2, 0.25) is 0 Å². The lowest BCUT2D eigenvalue weighted by molar-refractivity contribution is 0.421. The van der Waals surface area contributed by atoms with E-state index in [1.54, 1.807) is 0 Å². The Balaban J connectivity index is 1.78. The van der Waals surface area contributed by atoms with Crippen molar-refractivity contribution in [3.05, 3.63) is 174 Å². The number of fused-ring (bicyclic) bond motifs is 1. The smallest absolute Gasteiger partial charge is 0.0851 e. The zero-order valence-electron chi connectivity index (χ0n) is 19.8. The highest BCUT2D eigenvalue weighted by Gasteiger charge is 2.36. The average Bonchev–Trinajstić information content (AvgIpc) is 2.94. The Morgan fingerprint density at radius 1 is 0.529 bits per heavy atom. The molecule has 1 nitrogen and oxygen atoms in total. The third kappa shape index (κ3) is 3.52. The van der Waals surface area contributed by atoms with E-state index < -0.39 is 0 Å². The Hall–Kier alpha value is -4.36. The van der Waals surface area contributed by atoms with Gasteiger partial charge in [0.05, 0.1) is 13.1 Å². The molecule has 4 aromatic carbocycles. The second-order valence-electron chi connectivity index (χ2n) is 8.49. The van der Waals surface area contributed by atoms with Crippen LogP contribution >= 0.6 is 0 Å². The predicted octanol–water partition coefficient (Wildman–Crippen LogP) is 8.15. The average molecular weight is 437 g/mol. The second-order valence-corrected chi connectivity index (χ2v) is 8.49. The minimum absolute atomic E-state index is 0.134. The molecular formula is C33H25N. The number of hydrogen-bond donors (Lipinski definition) is 0. The van der Waals surface area contributed by atoms with E-state index in [2.05, 4.69) is 132 Å². The van der Waals surface area contributed by atoms with Gasteiger partial charge in [-0.25, -0.2) is 0 Å². The van der Waals surface area contributed by atoms with Crippen LogP contribution in [0.5, 0.6) is 0 Å². The zero-order chi connectivity index (χ0) is 23.6. The van der Waals surface area contributed by atoms with Gasteiger partial charge in [-0.2, -0.15) is 0 Å². The van der Waals surface area contributed by atoms with Crippen molar-refractivity contribution in [2.24, 2.45) is 0 Å². The maximum absolute atomic E-state index is 9.03. The molecule has 0 N–H and O–H groups in total. The van der Waals surface area contributed by atoms with E-state index in [9.17, 15) is 0 Å². The highest BCUT2D eigenvalue weighted by molar-refractivity contribution is 6.18. The minimum Gasteiger partial charge on any atom is -0.336 e. The van der Waals surface area contributed by atoms with Crippen LogP contribution in [-0.4, -0.2) is 4.90 Å². The van der Waals surface area contributed by atoms with Crippen molar-refractivity contribution in [3.63, 3.8) is 0 Å². The molecule has 2 aliphatic rings. The van der Waals surface area contributed by atoms with Crippen molar-refractivity contribution in [1.82, 2.24) is 4.90 Å². The maximum Gasteiger partial charge on any atom is 0.0851 e. The number of nitrogens with zero attached hydrogens (tertiary/aromatic N) is 1. The highest BCUT2D eigenvalue weighted by Crippen LogP contribution is 2.52. The van der Waals surface area contributed by atoms with Crippen molar-refractivity contribution in [2.75, 3.05) is 0 Å². The zero-order valence-corrected chi connectivity index (χ0v) is 18.8. The summed E-state index contributed by atoms with van der Waals surface area (Å²) in [4.78, 5) is 2.19. The van der Waals surface area contributed by atoms with Crippen LogP contribution < -0.4 is 0 Å². The topological polar surface area (TPSA) is 3.24 Å².